The molecule has 1 aliphatic heterocycles. The van der Waals surface area contributed by atoms with E-state index in [4.69, 9.17) is 0 Å². The van der Waals surface area contributed by atoms with Crippen molar-refractivity contribution in [2.24, 2.45) is 0 Å². The maximum Gasteiger partial charge on any atom is 0.232 e. The van der Waals surface area contributed by atoms with Crippen LogP contribution in [0.1, 0.15) is 49.9 Å². The molecule has 1 unspecified atom stereocenters. The van der Waals surface area contributed by atoms with Crippen LogP contribution in [0.5, 0.6) is 0 Å². The van der Waals surface area contributed by atoms with Crippen molar-refractivity contribution in [3.8, 4) is 0 Å². The Morgan fingerprint density at radius 2 is 1.96 bits per heavy atom. The molecule has 2 N–H and O–H groups in total. The molecule has 2 aromatic carbocycles. The number of rotatable bonds is 4. The molecular weight excluding hydrogens is 332 g/mol. The van der Waals surface area contributed by atoms with E-state index in [-0.39, 0.29) is 17.2 Å². The summed E-state index contributed by atoms with van der Waals surface area (Å²) in [7, 11) is -3.27. The molecule has 4 nitrogen and oxygen atoms in total. The van der Waals surface area contributed by atoms with E-state index in [1.165, 1.54) is 11.1 Å². The second kappa shape index (κ2) is 6.37. The number of benzene rings is 2. The zero-order valence-electron chi connectivity index (χ0n) is 15.3. The van der Waals surface area contributed by atoms with Gasteiger partial charge in [-0.25, -0.2) is 8.42 Å². The van der Waals surface area contributed by atoms with Crippen molar-refractivity contribution in [1.82, 2.24) is 0 Å². The van der Waals surface area contributed by atoms with Gasteiger partial charge in [-0.1, -0.05) is 43.7 Å². The van der Waals surface area contributed by atoms with Gasteiger partial charge in [-0.2, -0.15) is 0 Å². The molecule has 0 saturated heterocycles. The number of aryl methyl sites for hydroxylation is 1. The first-order valence-corrected chi connectivity index (χ1v) is 10.3. The summed E-state index contributed by atoms with van der Waals surface area (Å²) in [4.78, 5) is 0. The molecule has 134 valence electrons. The van der Waals surface area contributed by atoms with Crippen LogP contribution in [0.2, 0.25) is 0 Å². The highest BCUT2D eigenvalue weighted by Crippen LogP contribution is 2.44. The van der Waals surface area contributed by atoms with Crippen LogP contribution < -0.4 is 10.0 Å². The number of anilines is 2. The number of nitrogens with one attached hydrogen (secondary N) is 2. The van der Waals surface area contributed by atoms with E-state index in [9.17, 15) is 8.42 Å². The third-order valence-corrected chi connectivity index (χ3v) is 6.20. The molecule has 0 amide bonds. The van der Waals surface area contributed by atoms with Crippen molar-refractivity contribution in [3.63, 3.8) is 0 Å². The predicted octanol–water partition coefficient (Wildman–Crippen LogP) is 4.59. The predicted molar refractivity (Wildman–Crippen MR) is 105 cm³/mol. The SMILES string of the molecule is CCS(=O)(=O)Nc1cccc(C2CC(C)(C)c3cc(C)ccc3N2)c1. The Bertz CT molecular complexity index is 888. The van der Waals surface area contributed by atoms with Crippen LogP contribution in [0.4, 0.5) is 11.4 Å². The van der Waals surface area contributed by atoms with Gasteiger partial charge in [0.1, 0.15) is 0 Å². The Morgan fingerprint density at radius 1 is 1.20 bits per heavy atom. The standard InChI is InChI=1S/C20H26N2O2S/c1-5-25(23,24)22-16-8-6-7-15(12-16)19-13-20(3,4)17-11-14(2)9-10-18(17)21-19/h6-12,19,21-22H,5,13H2,1-4H3. The van der Waals surface area contributed by atoms with E-state index in [0.29, 0.717) is 5.69 Å². The summed E-state index contributed by atoms with van der Waals surface area (Å²) in [5.74, 6) is 0.0681. The van der Waals surface area contributed by atoms with Crippen LogP contribution in [0.15, 0.2) is 42.5 Å². The Kier molecular flexibility index (Phi) is 4.54. The summed E-state index contributed by atoms with van der Waals surface area (Å²) in [5.41, 5.74) is 5.53. The van der Waals surface area contributed by atoms with Crippen molar-refractivity contribution in [2.75, 3.05) is 15.8 Å². The molecule has 1 aliphatic rings. The van der Waals surface area contributed by atoms with E-state index in [1.54, 1.807) is 13.0 Å². The lowest BCUT2D eigenvalue weighted by molar-refractivity contribution is 0.427. The normalized spacial score (nSPS) is 19.0. The van der Waals surface area contributed by atoms with Crippen molar-refractivity contribution in [3.05, 3.63) is 59.2 Å². The van der Waals surface area contributed by atoms with Crippen molar-refractivity contribution >= 4 is 21.4 Å². The Labute approximate surface area is 150 Å². The first-order chi connectivity index (χ1) is 11.7. The van der Waals surface area contributed by atoms with Gasteiger partial charge in [0.15, 0.2) is 0 Å². The van der Waals surface area contributed by atoms with Gasteiger partial charge in [-0.15, -0.1) is 0 Å². The number of fused-ring (bicyclic) bond motifs is 1. The average Bonchev–Trinajstić information content (AvgIpc) is 2.55. The van der Waals surface area contributed by atoms with Gasteiger partial charge in [0, 0.05) is 11.4 Å². The van der Waals surface area contributed by atoms with E-state index >= 15 is 0 Å². The Hall–Kier alpha value is -2.01. The van der Waals surface area contributed by atoms with Gasteiger partial charge in [-0.3, -0.25) is 4.72 Å². The van der Waals surface area contributed by atoms with Crippen LogP contribution in [-0.4, -0.2) is 14.2 Å². The highest BCUT2D eigenvalue weighted by molar-refractivity contribution is 7.92. The topological polar surface area (TPSA) is 58.2 Å². The fourth-order valence-corrected chi connectivity index (χ4v) is 4.11. The zero-order chi connectivity index (χ0) is 18.2. The number of sulfonamides is 1. The molecule has 0 radical (unpaired) electrons. The van der Waals surface area contributed by atoms with Crippen molar-refractivity contribution in [1.29, 1.82) is 0 Å². The molecule has 3 rings (SSSR count). The van der Waals surface area contributed by atoms with Gasteiger partial charge in [0.2, 0.25) is 10.0 Å². The summed E-state index contributed by atoms with van der Waals surface area (Å²) in [6, 6.07) is 14.3. The van der Waals surface area contributed by atoms with Gasteiger partial charge >= 0.3 is 0 Å². The minimum absolute atomic E-state index is 0.0518. The summed E-state index contributed by atoms with van der Waals surface area (Å²) in [6.45, 7) is 8.29. The second-order valence-electron chi connectivity index (χ2n) is 7.46. The lowest BCUT2D eigenvalue weighted by atomic mass is 9.73. The van der Waals surface area contributed by atoms with Crippen molar-refractivity contribution in [2.45, 2.75) is 45.6 Å². The molecule has 0 bridgehead atoms. The minimum atomic E-state index is -3.27. The first-order valence-electron chi connectivity index (χ1n) is 8.68. The van der Waals surface area contributed by atoms with Crippen LogP contribution in [0.25, 0.3) is 0 Å². The molecule has 0 aromatic heterocycles. The monoisotopic (exact) mass is 358 g/mol. The molecule has 1 heterocycles. The summed E-state index contributed by atoms with van der Waals surface area (Å²) < 4.78 is 26.3. The Morgan fingerprint density at radius 3 is 2.68 bits per heavy atom. The molecule has 2 aromatic rings. The quantitative estimate of drug-likeness (QED) is 0.840. The number of hydrogen-bond donors (Lipinski definition) is 2. The first kappa shape index (κ1) is 17.8. The van der Waals surface area contributed by atoms with E-state index in [0.717, 1.165) is 17.7 Å². The molecule has 0 aliphatic carbocycles. The zero-order valence-corrected chi connectivity index (χ0v) is 16.1. The molecule has 0 spiro atoms. The fraction of sp³-hybridized carbons (Fsp3) is 0.400. The van der Waals surface area contributed by atoms with Crippen LogP contribution in [0.3, 0.4) is 0 Å². The van der Waals surface area contributed by atoms with Crippen LogP contribution >= 0.6 is 0 Å². The summed E-state index contributed by atoms with van der Waals surface area (Å²) >= 11 is 0. The summed E-state index contributed by atoms with van der Waals surface area (Å²) in [5, 5.41) is 3.62. The average molecular weight is 359 g/mol. The van der Waals surface area contributed by atoms with E-state index in [1.807, 2.05) is 12.1 Å². The number of hydrogen-bond acceptors (Lipinski definition) is 3. The smallest absolute Gasteiger partial charge is 0.232 e. The minimum Gasteiger partial charge on any atom is -0.378 e. The van der Waals surface area contributed by atoms with E-state index in [2.05, 4.69) is 55.1 Å². The van der Waals surface area contributed by atoms with Gasteiger partial charge < -0.3 is 5.32 Å². The molecule has 0 fully saturated rings. The molecular formula is C20H26N2O2S. The van der Waals surface area contributed by atoms with E-state index < -0.39 is 10.0 Å². The fourth-order valence-electron chi connectivity index (χ4n) is 3.47. The third-order valence-electron chi connectivity index (χ3n) is 4.89. The Balaban J connectivity index is 1.92. The maximum atomic E-state index is 11.8. The van der Waals surface area contributed by atoms with Gasteiger partial charge in [0.05, 0.1) is 11.8 Å². The molecule has 1 atom stereocenters. The molecule has 25 heavy (non-hydrogen) atoms. The highest BCUT2D eigenvalue weighted by atomic mass is 32.2. The van der Waals surface area contributed by atoms with Crippen LogP contribution in [-0.2, 0) is 15.4 Å². The summed E-state index contributed by atoms with van der Waals surface area (Å²) in [6.07, 6.45) is 0.952. The molecule has 0 saturated carbocycles. The van der Waals surface area contributed by atoms with Crippen LogP contribution in [0, 0.1) is 6.92 Å². The van der Waals surface area contributed by atoms with Crippen molar-refractivity contribution < 1.29 is 8.42 Å². The lowest BCUT2D eigenvalue weighted by Crippen LogP contribution is -2.31. The maximum absolute atomic E-state index is 11.8. The highest BCUT2D eigenvalue weighted by Gasteiger charge is 2.33. The lowest BCUT2D eigenvalue weighted by Gasteiger charge is -2.39. The molecule has 5 heteroatoms. The third kappa shape index (κ3) is 3.82. The second-order valence-corrected chi connectivity index (χ2v) is 9.48. The largest absolute Gasteiger partial charge is 0.378 e. The van der Waals surface area contributed by atoms with Gasteiger partial charge in [0.25, 0.3) is 0 Å². The van der Waals surface area contributed by atoms with Gasteiger partial charge in [-0.05, 0) is 55.0 Å².